The van der Waals surface area contributed by atoms with Crippen molar-refractivity contribution in [2.24, 2.45) is 0 Å². The van der Waals surface area contributed by atoms with Crippen molar-refractivity contribution < 1.29 is 0 Å². The van der Waals surface area contributed by atoms with Crippen molar-refractivity contribution in [2.45, 2.75) is 32.2 Å². The molecule has 2 aromatic rings. The van der Waals surface area contributed by atoms with Gasteiger partial charge in [-0.15, -0.1) is 0 Å². The van der Waals surface area contributed by atoms with E-state index in [0.29, 0.717) is 6.04 Å². The number of rotatable bonds is 2. The molecule has 0 aliphatic heterocycles. The van der Waals surface area contributed by atoms with Crippen LogP contribution in [0.25, 0.3) is 11.2 Å². The lowest BCUT2D eigenvalue weighted by molar-refractivity contribution is 0.765. The van der Waals surface area contributed by atoms with Crippen LogP contribution in [-0.2, 0) is 6.42 Å². The standard InChI is InChI=1S/C11H13N3/c1-2-8-7-12-11-10(13-8)5-6-14(11)9-3-4-9/h5-7,9H,2-4H2,1H3. The fraction of sp³-hybridized carbons (Fsp3) is 0.455. The van der Waals surface area contributed by atoms with Gasteiger partial charge >= 0.3 is 0 Å². The lowest BCUT2D eigenvalue weighted by atomic mass is 10.3. The van der Waals surface area contributed by atoms with E-state index in [1.54, 1.807) is 0 Å². The normalized spacial score (nSPS) is 16.4. The molecule has 1 aliphatic carbocycles. The van der Waals surface area contributed by atoms with Crippen molar-refractivity contribution in [1.82, 2.24) is 14.5 Å². The number of aromatic nitrogens is 3. The van der Waals surface area contributed by atoms with Crippen LogP contribution in [0, 0.1) is 0 Å². The molecule has 14 heavy (non-hydrogen) atoms. The summed E-state index contributed by atoms with van der Waals surface area (Å²) in [5.41, 5.74) is 3.16. The highest BCUT2D eigenvalue weighted by atomic mass is 15.1. The van der Waals surface area contributed by atoms with Crippen molar-refractivity contribution in [2.75, 3.05) is 0 Å². The third-order valence-electron chi connectivity index (χ3n) is 2.77. The molecule has 0 amide bonds. The van der Waals surface area contributed by atoms with Gasteiger partial charge in [-0.1, -0.05) is 6.92 Å². The molecule has 0 saturated heterocycles. The Hall–Kier alpha value is -1.38. The van der Waals surface area contributed by atoms with Gasteiger partial charge in [-0.05, 0) is 25.3 Å². The molecule has 3 heteroatoms. The van der Waals surface area contributed by atoms with Gasteiger partial charge in [0.25, 0.3) is 0 Å². The van der Waals surface area contributed by atoms with Crippen LogP contribution >= 0.6 is 0 Å². The Morgan fingerprint density at radius 1 is 1.50 bits per heavy atom. The molecule has 3 nitrogen and oxygen atoms in total. The van der Waals surface area contributed by atoms with E-state index in [1.165, 1.54) is 12.8 Å². The van der Waals surface area contributed by atoms with E-state index in [0.717, 1.165) is 23.3 Å². The van der Waals surface area contributed by atoms with E-state index in [1.807, 2.05) is 6.20 Å². The van der Waals surface area contributed by atoms with E-state index in [4.69, 9.17) is 0 Å². The highest BCUT2D eigenvalue weighted by Crippen LogP contribution is 2.36. The molecule has 0 aromatic carbocycles. The van der Waals surface area contributed by atoms with Gasteiger partial charge < -0.3 is 4.57 Å². The first-order chi connectivity index (χ1) is 6.88. The van der Waals surface area contributed by atoms with E-state index < -0.39 is 0 Å². The zero-order valence-electron chi connectivity index (χ0n) is 8.27. The number of aryl methyl sites for hydroxylation is 1. The maximum absolute atomic E-state index is 4.54. The van der Waals surface area contributed by atoms with Gasteiger partial charge in [-0.3, -0.25) is 0 Å². The van der Waals surface area contributed by atoms with Gasteiger partial charge in [0.2, 0.25) is 0 Å². The first kappa shape index (κ1) is 7.97. The summed E-state index contributed by atoms with van der Waals surface area (Å²) >= 11 is 0. The molecule has 0 atom stereocenters. The summed E-state index contributed by atoms with van der Waals surface area (Å²) in [5.74, 6) is 0. The molecular formula is C11H13N3. The van der Waals surface area contributed by atoms with Gasteiger partial charge in [0.15, 0.2) is 5.65 Å². The third-order valence-corrected chi connectivity index (χ3v) is 2.77. The molecule has 3 rings (SSSR count). The number of nitrogens with zero attached hydrogens (tertiary/aromatic N) is 3. The maximum Gasteiger partial charge on any atom is 0.158 e. The molecule has 2 aromatic heterocycles. The molecule has 0 N–H and O–H groups in total. The SMILES string of the molecule is CCc1cnc2c(ccn2C2CC2)n1. The zero-order valence-corrected chi connectivity index (χ0v) is 8.27. The quantitative estimate of drug-likeness (QED) is 0.722. The van der Waals surface area contributed by atoms with Gasteiger partial charge in [0.1, 0.15) is 5.52 Å². The molecule has 0 bridgehead atoms. The monoisotopic (exact) mass is 187 g/mol. The fourth-order valence-electron chi connectivity index (χ4n) is 1.79. The average molecular weight is 187 g/mol. The molecule has 72 valence electrons. The largest absolute Gasteiger partial charge is 0.328 e. The van der Waals surface area contributed by atoms with Crippen LogP contribution in [0.5, 0.6) is 0 Å². The van der Waals surface area contributed by atoms with Gasteiger partial charge in [0.05, 0.1) is 11.9 Å². The van der Waals surface area contributed by atoms with Crippen LogP contribution in [-0.4, -0.2) is 14.5 Å². The van der Waals surface area contributed by atoms with E-state index in [2.05, 4.69) is 33.7 Å². The molecule has 1 fully saturated rings. The number of hydrogen-bond donors (Lipinski definition) is 0. The summed E-state index contributed by atoms with van der Waals surface area (Å²) in [6.07, 6.45) is 7.54. The first-order valence-electron chi connectivity index (χ1n) is 5.21. The summed E-state index contributed by atoms with van der Waals surface area (Å²) in [7, 11) is 0. The molecule has 1 saturated carbocycles. The average Bonchev–Trinajstić information content (AvgIpc) is 2.98. The summed E-state index contributed by atoms with van der Waals surface area (Å²) in [6, 6.07) is 2.76. The summed E-state index contributed by atoms with van der Waals surface area (Å²) < 4.78 is 2.25. The van der Waals surface area contributed by atoms with E-state index >= 15 is 0 Å². The van der Waals surface area contributed by atoms with Crippen molar-refractivity contribution in [1.29, 1.82) is 0 Å². The van der Waals surface area contributed by atoms with Gasteiger partial charge in [-0.25, -0.2) is 9.97 Å². The summed E-state index contributed by atoms with van der Waals surface area (Å²) in [6.45, 7) is 2.10. The van der Waals surface area contributed by atoms with E-state index in [-0.39, 0.29) is 0 Å². The topological polar surface area (TPSA) is 30.7 Å². The first-order valence-corrected chi connectivity index (χ1v) is 5.21. The van der Waals surface area contributed by atoms with Crippen LogP contribution < -0.4 is 0 Å². The lowest BCUT2D eigenvalue weighted by Crippen LogP contribution is -1.95. The predicted molar refractivity (Wildman–Crippen MR) is 55.2 cm³/mol. The van der Waals surface area contributed by atoms with Crippen LogP contribution in [0.1, 0.15) is 31.5 Å². The molecule has 0 unspecified atom stereocenters. The molecule has 0 radical (unpaired) electrons. The second-order valence-corrected chi connectivity index (χ2v) is 3.88. The van der Waals surface area contributed by atoms with Crippen molar-refractivity contribution in [3.05, 3.63) is 24.2 Å². The Balaban J connectivity index is 2.17. The van der Waals surface area contributed by atoms with Crippen molar-refractivity contribution in [3.63, 3.8) is 0 Å². The van der Waals surface area contributed by atoms with Gasteiger partial charge in [-0.2, -0.15) is 0 Å². The predicted octanol–water partition coefficient (Wildman–Crippen LogP) is 2.33. The van der Waals surface area contributed by atoms with Crippen molar-refractivity contribution >= 4 is 11.2 Å². The number of hydrogen-bond acceptors (Lipinski definition) is 2. The molecule has 1 aliphatic rings. The highest BCUT2D eigenvalue weighted by Gasteiger charge is 2.24. The Labute approximate surface area is 82.8 Å². The van der Waals surface area contributed by atoms with Crippen LogP contribution in [0.2, 0.25) is 0 Å². The third kappa shape index (κ3) is 1.12. The van der Waals surface area contributed by atoms with Crippen LogP contribution in [0.15, 0.2) is 18.5 Å². The smallest absolute Gasteiger partial charge is 0.158 e. The fourth-order valence-corrected chi connectivity index (χ4v) is 1.79. The summed E-state index contributed by atoms with van der Waals surface area (Å²) in [4.78, 5) is 9.01. The van der Waals surface area contributed by atoms with Crippen LogP contribution in [0.4, 0.5) is 0 Å². The summed E-state index contributed by atoms with van der Waals surface area (Å²) in [5, 5.41) is 0. The molecular weight excluding hydrogens is 174 g/mol. The van der Waals surface area contributed by atoms with Crippen LogP contribution in [0.3, 0.4) is 0 Å². The minimum atomic E-state index is 0.689. The minimum Gasteiger partial charge on any atom is -0.328 e. The zero-order chi connectivity index (χ0) is 9.54. The Kier molecular flexibility index (Phi) is 1.60. The molecule has 0 spiro atoms. The Morgan fingerprint density at radius 2 is 2.36 bits per heavy atom. The van der Waals surface area contributed by atoms with Gasteiger partial charge in [0, 0.05) is 12.2 Å². The second kappa shape index (κ2) is 2.80. The second-order valence-electron chi connectivity index (χ2n) is 3.88. The minimum absolute atomic E-state index is 0.689. The lowest BCUT2D eigenvalue weighted by Gasteiger charge is -2.01. The highest BCUT2D eigenvalue weighted by molar-refractivity contribution is 5.71. The van der Waals surface area contributed by atoms with Crippen molar-refractivity contribution in [3.8, 4) is 0 Å². The Bertz CT molecular complexity index is 468. The maximum atomic E-state index is 4.54. The Morgan fingerprint density at radius 3 is 3.07 bits per heavy atom. The van der Waals surface area contributed by atoms with E-state index in [9.17, 15) is 0 Å². The molecule has 2 heterocycles. The number of fused-ring (bicyclic) bond motifs is 1.